The first-order chi connectivity index (χ1) is 12.3. The first-order valence-corrected chi connectivity index (χ1v) is 8.91. The van der Waals surface area contributed by atoms with E-state index in [1.54, 1.807) is 24.8 Å². The maximum atomic E-state index is 12.5. The molecule has 0 aromatic carbocycles. The Bertz CT molecular complexity index is 779. The lowest BCUT2D eigenvalue weighted by Crippen LogP contribution is -2.34. The minimum Gasteiger partial charge on any atom is -0.356 e. The second-order valence-electron chi connectivity index (χ2n) is 7.28. The highest BCUT2D eigenvalue weighted by atomic mass is 16.2. The summed E-state index contributed by atoms with van der Waals surface area (Å²) in [6, 6.07) is 3.88. The third kappa shape index (κ3) is 2.73. The summed E-state index contributed by atoms with van der Waals surface area (Å²) in [5, 5.41) is 0. The van der Waals surface area contributed by atoms with Crippen molar-refractivity contribution < 1.29 is 4.79 Å². The molecule has 1 aliphatic carbocycles. The molecule has 0 spiro atoms. The molecule has 2 unspecified atom stereocenters. The Morgan fingerprint density at radius 1 is 0.960 bits per heavy atom. The number of nitrogens with zero attached hydrogens (tertiary/aromatic N) is 6. The molecule has 3 fully saturated rings. The fourth-order valence-electron chi connectivity index (χ4n) is 4.03. The van der Waals surface area contributed by atoms with Crippen molar-refractivity contribution in [3.63, 3.8) is 0 Å². The Kier molecular flexibility index (Phi) is 3.39. The number of carbonyl (C=O) groups is 1. The van der Waals surface area contributed by atoms with Crippen LogP contribution in [0.5, 0.6) is 0 Å². The highest BCUT2D eigenvalue weighted by Crippen LogP contribution is 2.40. The largest absolute Gasteiger partial charge is 0.356 e. The fourth-order valence-corrected chi connectivity index (χ4v) is 4.03. The number of fused-ring (bicyclic) bond motifs is 1. The molecule has 2 saturated heterocycles. The monoisotopic (exact) mass is 336 g/mol. The van der Waals surface area contributed by atoms with Crippen molar-refractivity contribution in [3.05, 3.63) is 42.4 Å². The van der Waals surface area contributed by atoms with Crippen LogP contribution in [-0.2, 0) is 0 Å². The molecule has 1 amide bonds. The van der Waals surface area contributed by atoms with E-state index in [2.05, 4.69) is 30.9 Å². The van der Waals surface area contributed by atoms with Gasteiger partial charge in [-0.05, 0) is 18.9 Å². The molecule has 5 rings (SSSR count). The number of aromatic nitrogens is 4. The van der Waals surface area contributed by atoms with Gasteiger partial charge in [0.2, 0.25) is 5.82 Å². The van der Waals surface area contributed by atoms with Crippen LogP contribution in [0.1, 0.15) is 35.1 Å². The predicted molar refractivity (Wildman–Crippen MR) is 91.1 cm³/mol. The van der Waals surface area contributed by atoms with Crippen LogP contribution in [0.2, 0.25) is 0 Å². The smallest absolute Gasteiger partial charge is 0.291 e. The van der Waals surface area contributed by atoms with Crippen LogP contribution < -0.4 is 4.90 Å². The van der Waals surface area contributed by atoms with E-state index in [4.69, 9.17) is 0 Å². The lowest BCUT2D eigenvalue weighted by atomic mass is 10.0. The van der Waals surface area contributed by atoms with Gasteiger partial charge in [-0.25, -0.2) is 19.9 Å². The van der Waals surface area contributed by atoms with Gasteiger partial charge in [-0.2, -0.15) is 0 Å². The van der Waals surface area contributed by atoms with Crippen LogP contribution >= 0.6 is 0 Å². The van der Waals surface area contributed by atoms with E-state index in [0.29, 0.717) is 23.6 Å². The molecule has 2 aromatic rings. The topological polar surface area (TPSA) is 75.1 Å². The Morgan fingerprint density at radius 2 is 1.68 bits per heavy atom. The average molecular weight is 336 g/mol. The fraction of sp³-hybridized carbons (Fsp3) is 0.500. The molecule has 128 valence electrons. The van der Waals surface area contributed by atoms with Gasteiger partial charge in [0.25, 0.3) is 5.91 Å². The van der Waals surface area contributed by atoms with E-state index >= 15 is 0 Å². The summed E-state index contributed by atoms with van der Waals surface area (Å²) in [5.74, 6) is 2.90. The zero-order valence-electron chi connectivity index (χ0n) is 14.0. The molecule has 2 aromatic heterocycles. The lowest BCUT2D eigenvalue weighted by molar-refractivity contribution is 0.0770. The Balaban J connectivity index is 1.26. The Hall–Kier alpha value is -2.57. The van der Waals surface area contributed by atoms with Gasteiger partial charge in [-0.3, -0.25) is 4.79 Å². The second kappa shape index (κ2) is 5.75. The van der Waals surface area contributed by atoms with Gasteiger partial charge in [-0.1, -0.05) is 0 Å². The number of rotatable bonds is 3. The van der Waals surface area contributed by atoms with Gasteiger partial charge in [0.05, 0.1) is 0 Å². The number of amides is 1. The minimum atomic E-state index is -0.0559. The first-order valence-electron chi connectivity index (χ1n) is 8.91. The summed E-state index contributed by atoms with van der Waals surface area (Å²) in [6.07, 6.45) is 7.43. The zero-order chi connectivity index (χ0) is 16.8. The van der Waals surface area contributed by atoms with Crippen molar-refractivity contribution in [2.45, 2.75) is 18.8 Å². The van der Waals surface area contributed by atoms with Crippen LogP contribution in [-0.4, -0.2) is 56.9 Å². The maximum Gasteiger partial charge on any atom is 0.291 e. The van der Waals surface area contributed by atoms with Crippen molar-refractivity contribution in [2.24, 2.45) is 11.8 Å². The normalized spacial score (nSPS) is 25.3. The summed E-state index contributed by atoms with van der Waals surface area (Å²) < 4.78 is 0. The molecule has 7 heteroatoms. The van der Waals surface area contributed by atoms with Crippen LogP contribution in [0.15, 0.2) is 30.9 Å². The van der Waals surface area contributed by atoms with Crippen LogP contribution in [0.4, 0.5) is 5.82 Å². The molecule has 2 aliphatic heterocycles. The molecule has 0 radical (unpaired) electrons. The highest BCUT2D eigenvalue weighted by molar-refractivity contribution is 5.90. The molecular weight excluding hydrogens is 316 g/mol. The zero-order valence-corrected chi connectivity index (χ0v) is 14.0. The molecule has 4 heterocycles. The second-order valence-corrected chi connectivity index (χ2v) is 7.28. The summed E-state index contributed by atoms with van der Waals surface area (Å²) in [4.78, 5) is 33.8. The van der Waals surface area contributed by atoms with E-state index in [-0.39, 0.29) is 5.91 Å². The molecule has 25 heavy (non-hydrogen) atoms. The van der Waals surface area contributed by atoms with E-state index in [9.17, 15) is 4.79 Å². The number of carbonyl (C=O) groups excluding carboxylic acids is 1. The van der Waals surface area contributed by atoms with Gasteiger partial charge in [-0.15, -0.1) is 0 Å². The number of hydrogen-bond acceptors (Lipinski definition) is 6. The quantitative estimate of drug-likeness (QED) is 0.842. The molecule has 0 N–H and O–H groups in total. The molecule has 7 nitrogen and oxygen atoms in total. The molecule has 3 aliphatic rings. The first kappa shape index (κ1) is 14.7. The van der Waals surface area contributed by atoms with Gasteiger partial charge in [0.1, 0.15) is 12.1 Å². The summed E-state index contributed by atoms with van der Waals surface area (Å²) in [7, 11) is 0. The number of anilines is 1. The van der Waals surface area contributed by atoms with Crippen molar-refractivity contribution in [1.82, 2.24) is 24.8 Å². The minimum absolute atomic E-state index is 0.0559. The van der Waals surface area contributed by atoms with Crippen molar-refractivity contribution in [1.29, 1.82) is 0 Å². The number of likely N-dealkylation sites (tertiary alicyclic amines) is 1. The third-order valence-corrected chi connectivity index (χ3v) is 5.52. The van der Waals surface area contributed by atoms with E-state index in [0.717, 1.165) is 32.0 Å². The summed E-state index contributed by atoms with van der Waals surface area (Å²) >= 11 is 0. The summed E-state index contributed by atoms with van der Waals surface area (Å²) in [6.45, 7) is 3.45. The Morgan fingerprint density at radius 3 is 2.36 bits per heavy atom. The SMILES string of the molecule is O=C(c1ncccn1)N1CC2CN(c3cc(C4CC4)ncn3)CC2C1. The van der Waals surface area contributed by atoms with E-state index in [1.807, 2.05) is 4.90 Å². The maximum absolute atomic E-state index is 12.5. The van der Waals surface area contributed by atoms with Gasteiger partial charge >= 0.3 is 0 Å². The number of hydrogen-bond donors (Lipinski definition) is 0. The molecular formula is C18H20N6O. The van der Waals surface area contributed by atoms with E-state index in [1.165, 1.54) is 18.5 Å². The molecule has 0 bridgehead atoms. The standard InChI is InChI=1S/C18H20N6O/c25-18(17-19-4-1-5-20-17)24-9-13-7-23(8-14(13)10-24)16-6-15(12-2-3-12)21-11-22-16/h1,4-6,11-14H,2-3,7-10H2. The van der Waals surface area contributed by atoms with Crippen molar-refractivity contribution >= 4 is 11.7 Å². The highest BCUT2D eigenvalue weighted by Gasteiger charge is 2.42. The summed E-state index contributed by atoms with van der Waals surface area (Å²) in [5.41, 5.74) is 1.18. The van der Waals surface area contributed by atoms with Gasteiger partial charge in [0.15, 0.2) is 0 Å². The molecule has 2 atom stereocenters. The predicted octanol–water partition coefficient (Wildman–Crippen LogP) is 1.35. The van der Waals surface area contributed by atoms with Crippen LogP contribution in [0, 0.1) is 11.8 Å². The van der Waals surface area contributed by atoms with Gasteiger partial charge in [0, 0.05) is 68.1 Å². The van der Waals surface area contributed by atoms with Crippen LogP contribution in [0.3, 0.4) is 0 Å². The molecule has 1 saturated carbocycles. The lowest BCUT2D eigenvalue weighted by Gasteiger charge is -2.22. The Labute approximate surface area is 146 Å². The van der Waals surface area contributed by atoms with Crippen molar-refractivity contribution in [3.8, 4) is 0 Å². The average Bonchev–Trinajstić information content (AvgIpc) is 3.32. The van der Waals surface area contributed by atoms with Crippen LogP contribution in [0.25, 0.3) is 0 Å². The van der Waals surface area contributed by atoms with Crippen molar-refractivity contribution in [2.75, 3.05) is 31.1 Å². The third-order valence-electron chi connectivity index (χ3n) is 5.52. The van der Waals surface area contributed by atoms with Gasteiger partial charge < -0.3 is 9.80 Å². The van der Waals surface area contributed by atoms with E-state index < -0.39 is 0 Å².